The van der Waals surface area contributed by atoms with Gasteiger partial charge in [-0.05, 0) is 64.9 Å². The number of ether oxygens (including phenoxy) is 1. The average Bonchev–Trinajstić information content (AvgIpc) is 3.19. The van der Waals surface area contributed by atoms with E-state index in [4.69, 9.17) is 9.84 Å². The van der Waals surface area contributed by atoms with Gasteiger partial charge >= 0.3 is 12.1 Å². The quantitative estimate of drug-likeness (QED) is 0.391. The number of alkyl carbamates (subject to hydrolysis) is 1. The molecule has 0 spiro atoms. The summed E-state index contributed by atoms with van der Waals surface area (Å²) in [5.41, 5.74) is 5.08. The van der Waals surface area contributed by atoms with Gasteiger partial charge in [0.05, 0.1) is 5.56 Å². The van der Waals surface area contributed by atoms with Gasteiger partial charge in [-0.3, -0.25) is 4.79 Å². The van der Waals surface area contributed by atoms with Crippen molar-refractivity contribution in [3.8, 4) is 11.1 Å². The summed E-state index contributed by atoms with van der Waals surface area (Å²) >= 11 is 1.57. The van der Waals surface area contributed by atoms with E-state index in [0.717, 1.165) is 22.3 Å². The summed E-state index contributed by atoms with van der Waals surface area (Å²) in [7, 11) is 0. The Bertz CT molecular complexity index is 1180. The van der Waals surface area contributed by atoms with Crippen LogP contribution in [0.25, 0.3) is 11.1 Å². The lowest BCUT2D eigenvalue weighted by Gasteiger charge is -2.19. The number of carboxylic acid groups (broad SMARTS) is 1. The van der Waals surface area contributed by atoms with E-state index in [1.54, 1.807) is 11.8 Å². The van der Waals surface area contributed by atoms with E-state index >= 15 is 0 Å². The molecule has 1 atom stereocenters. The number of hydrogen-bond donors (Lipinski definition) is 3. The zero-order chi connectivity index (χ0) is 24.8. The molecule has 2 amide bonds. The predicted octanol–water partition coefficient (Wildman–Crippen LogP) is 4.98. The van der Waals surface area contributed by atoms with E-state index in [1.165, 1.54) is 24.3 Å². The summed E-state index contributed by atoms with van der Waals surface area (Å²) in [6.45, 7) is 0.160. The summed E-state index contributed by atoms with van der Waals surface area (Å²) in [6.07, 6.45) is 1.69. The third-order valence-electron chi connectivity index (χ3n) is 5.96. The number of fused-ring (bicyclic) bond motifs is 3. The molecule has 0 saturated heterocycles. The zero-order valence-electron chi connectivity index (χ0n) is 19.2. The Labute approximate surface area is 207 Å². The minimum Gasteiger partial charge on any atom is -0.478 e. The van der Waals surface area contributed by atoms with E-state index in [9.17, 15) is 14.4 Å². The van der Waals surface area contributed by atoms with Gasteiger partial charge in [0.2, 0.25) is 5.91 Å². The highest BCUT2D eigenvalue weighted by Gasteiger charge is 2.29. The normalized spacial score (nSPS) is 12.8. The highest BCUT2D eigenvalue weighted by atomic mass is 32.2. The van der Waals surface area contributed by atoms with Crippen LogP contribution in [-0.4, -0.2) is 47.7 Å². The molecular weight excluding hydrogens is 464 g/mol. The summed E-state index contributed by atoms with van der Waals surface area (Å²) in [5.74, 6) is -0.840. The Balaban J connectivity index is 1.40. The molecule has 0 saturated carbocycles. The summed E-state index contributed by atoms with van der Waals surface area (Å²) in [6, 6.07) is 21.2. The van der Waals surface area contributed by atoms with Gasteiger partial charge in [-0.25, -0.2) is 9.59 Å². The lowest BCUT2D eigenvalue weighted by Crippen LogP contribution is -2.44. The molecular formula is C27H26N2O5S. The molecule has 0 radical (unpaired) electrons. The van der Waals surface area contributed by atoms with Crippen LogP contribution in [0.15, 0.2) is 72.8 Å². The Morgan fingerprint density at radius 1 is 0.943 bits per heavy atom. The first-order chi connectivity index (χ1) is 17.0. The number of hydrogen-bond acceptors (Lipinski definition) is 5. The number of carbonyl (C=O) groups excluding carboxylic acids is 2. The minimum atomic E-state index is -1.04. The number of benzene rings is 3. The Morgan fingerprint density at radius 2 is 1.54 bits per heavy atom. The first kappa shape index (κ1) is 24.3. The number of amides is 2. The molecule has 0 aliphatic heterocycles. The van der Waals surface area contributed by atoms with Gasteiger partial charge in [0.25, 0.3) is 0 Å². The van der Waals surface area contributed by atoms with Crippen LogP contribution < -0.4 is 10.6 Å². The van der Waals surface area contributed by atoms with E-state index in [-0.39, 0.29) is 18.1 Å². The molecule has 0 aromatic heterocycles. The molecule has 0 unspecified atom stereocenters. The number of aromatic carboxylic acids is 1. The van der Waals surface area contributed by atoms with Crippen molar-refractivity contribution in [3.05, 3.63) is 89.5 Å². The number of rotatable bonds is 9. The molecule has 180 valence electrons. The van der Waals surface area contributed by atoms with Crippen LogP contribution in [0.5, 0.6) is 0 Å². The van der Waals surface area contributed by atoms with Gasteiger partial charge in [-0.2, -0.15) is 11.8 Å². The van der Waals surface area contributed by atoms with Crippen LogP contribution in [-0.2, 0) is 9.53 Å². The molecule has 3 aromatic rings. The number of carbonyl (C=O) groups is 3. The fraction of sp³-hybridized carbons (Fsp3) is 0.222. The molecule has 0 bridgehead atoms. The molecule has 7 nitrogen and oxygen atoms in total. The molecule has 0 heterocycles. The fourth-order valence-corrected chi connectivity index (χ4v) is 4.68. The second-order valence-corrected chi connectivity index (χ2v) is 9.16. The summed E-state index contributed by atoms with van der Waals surface area (Å²) in [4.78, 5) is 36.6. The highest BCUT2D eigenvalue weighted by molar-refractivity contribution is 7.98. The third kappa shape index (κ3) is 5.66. The van der Waals surface area contributed by atoms with E-state index < -0.39 is 24.0 Å². The maximum Gasteiger partial charge on any atom is 0.407 e. The molecule has 4 rings (SSSR count). The molecule has 3 aromatic carbocycles. The maximum atomic E-state index is 12.9. The van der Waals surface area contributed by atoms with Gasteiger partial charge < -0.3 is 20.5 Å². The fourth-order valence-electron chi connectivity index (χ4n) is 4.21. The van der Waals surface area contributed by atoms with Crippen molar-refractivity contribution in [1.29, 1.82) is 0 Å². The van der Waals surface area contributed by atoms with Crippen molar-refractivity contribution in [2.75, 3.05) is 23.9 Å². The molecule has 1 aliphatic carbocycles. The number of carboxylic acids is 1. The van der Waals surface area contributed by atoms with E-state index in [2.05, 4.69) is 22.8 Å². The SMILES string of the molecule is CSCC[C@@H](NC(=O)OCC1c2ccccc2-c2ccccc21)C(=O)Nc1ccc(C(=O)O)cc1. The summed E-state index contributed by atoms with van der Waals surface area (Å²) in [5, 5.41) is 14.5. The number of thioether (sulfide) groups is 1. The molecule has 3 N–H and O–H groups in total. The van der Waals surface area contributed by atoms with Crippen LogP contribution in [0.4, 0.5) is 10.5 Å². The van der Waals surface area contributed by atoms with Gasteiger partial charge in [-0.1, -0.05) is 48.5 Å². The second-order valence-electron chi connectivity index (χ2n) is 8.18. The van der Waals surface area contributed by atoms with Crippen LogP contribution >= 0.6 is 11.8 Å². The number of anilines is 1. The lowest BCUT2D eigenvalue weighted by molar-refractivity contribution is -0.118. The van der Waals surface area contributed by atoms with Crippen molar-refractivity contribution >= 4 is 35.4 Å². The minimum absolute atomic E-state index is 0.0700. The average molecular weight is 491 g/mol. The van der Waals surface area contributed by atoms with Gasteiger partial charge in [-0.15, -0.1) is 0 Å². The molecule has 0 fully saturated rings. The van der Waals surface area contributed by atoms with Crippen LogP contribution in [0.1, 0.15) is 33.8 Å². The van der Waals surface area contributed by atoms with Gasteiger partial charge in [0.15, 0.2) is 0 Å². The van der Waals surface area contributed by atoms with Gasteiger partial charge in [0, 0.05) is 11.6 Å². The first-order valence-corrected chi connectivity index (χ1v) is 12.6. The van der Waals surface area contributed by atoms with Gasteiger partial charge in [0.1, 0.15) is 12.6 Å². The van der Waals surface area contributed by atoms with Crippen molar-refractivity contribution in [3.63, 3.8) is 0 Å². The zero-order valence-corrected chi connectivity index (χ0v) is 20.0. The third-order valence-corrected chi connectivity index (χ3v) is 6.61. The monoisotopic (exact) mass is 490 g/mol. The van der Waals surface area contributed by atoms with Crippen molar-refractivity contribution in [2.24, 2.45) is 0 Å². The molecule has 35 heavy (non-hydrogen) atoms. The lowest BCUT2D eigenvalue weighted by atomic mass is 9.98. The standard InChI is InChI=1S/C27H26N2O5S/c1-35-15-14-24(25(30)28-18-12-10-17(11-13-18)26(31)32)29-27(33)34-16-23-21-8-4-2-6-19(21)20-7-3-5-9-22(20)23/h2-13,23-24H,14-16H2,1H3,(H,28,30)(H,29,33)(H,31,32)/t24-/m1/s1. The number of nitrogens with one attached hydrogen (secondary N) is 2. The van der Waals surface area contributed by atoms with E-state index in [1.807, 2.05) is 42.7 Å². The molecule has 1 aliphatic rings. The van der Waals surface area contributed by atoms with Crippen LogP contribution in [0.3, 0.4) is 0 Å². The van der Waals surface area contributed by atoms with Crippen LogP contribution in [0.2, 0.25) is 0 Å². The Kier molecular flexibility index (Phi) is 7.72. The largest absolute Gasteiger partial charge is 0.478 e. The van der Waals surface area contributed by atoms with Crippen LogP contribution in [0, 0.1) is 0 Å². The Morgan fingerprint density at radius 3 is 2.11 bits per heavy atom. The smallest absolute Gasteiger partial charge is 0.407 e. The first-order valence-electron chi connectivity index (χ1n) is 11.2. The van der Waals surface area contributed by atoms with Crippen molar-refractivity contribution in [1.82, 2.24) is 5.32 Å². The predicted molar refractivity (Wildman–Crippen MR) is 137 cm³/mol. The maximum absolute atomic E-state index is 12.9. The highest BCUT2D eigenvalue weighted by Crippen LogP contribution is 2.44. The topological polar surface area (TPSA) is 105 Å². The van der Waals surface area contributed by atoms with E-state index in [0.29, 0.717) is 17.9 Å². The summed E-state index contributed by atoms with van der Waals surface area (Å²) < 4.78 is 5.59. The molecule has 8 heteroatoms. The van der Waals surface area contributed by atoms with Crippen molar-refractivity contribution in [2.45, 2.75) is 18.4 Å². The Hall–Kier alpha value is -3.78. The second kappa shape index (κ2) is 11.1. The van der Waals surface area contributed by atoms with Crippen molar-refractivity contribution < 1.29 is 24.2 Å².